The minimum absolute atomic E-state index is 0.645. The van der Waals surface area contributed by atoms with Crippen LogP contribution in [-0.2, 0) is 0 Å². The maximum Gasteiger partial charge on any atom is 0.162 e. The number of pyridine rings is 1. The molecule has 0 unspecified atom stereocenters. The van der Waals surface area contributed by atoms with Crippen LogP contribution in [0.2, 0.25) is 0 Å². The molecule has 0 amide bonds. The highest BCUT2D eigenvalue weighted by atomic mass is 16.5. The number of methoxy groups -OCH3 is 4. The predicted molar refractivity (Wildman–Crippen MR) is 97.7 cm³/mol. The van der Waals surface area contributed by atoms with Crippen molar-refractivity contribution in [1.82, 2.24) is 4.98 Å². The molecule has 1 heterocycles. The lowest BCUT2D eigenvalue weighted by Crippen LogP contribution is -1.98. The summed E-state index contributed by atoms with van der Waals surface area (Å²) in [4.78, 5) is 4.45. The van der Waals surface area contributed by atoms with E-state index in [0.29, 0.717) is 28.8 Å². The maximum absolute atomic E-state index is 5.40. The zero-order chi connectivity index (χ0) is 17.8. The lowest BCUT2D eigenvalue weighted by Gasteiger charge is -2.14. The first kappa shape index (κ1) is 16.7. The molecule has 0 radical (unpaired) electrons. The van der Waals surface area contributed by atoms with Gasteiger partial charge in [0.2, 0.25) is 0 Å². The molecule has 130 valence electrons. The number of benzene rings is 2. The van der Waals surface area contributed by atoms with Gasteiger partial charge in [-0.05, 0) is 35.7 Å². The monoisotopic (exact) mass is 340 g/mol. The van der Waals surface area contributed by atoms with Gasteiger partial charge in [0.05, 0.1) is 28.4 Å². The fraction of sp³-hybridized carbons (Fsp3) is 0.211. The van der Waals surface area contributed by atoms with E-state index in [1.54, 1.807) is 34.6 Å². The van der Waals surface area contributed by atoms with Crippen LogP contribution in [0.25, 0.3) is 10.8 Å². The van der Waals surface area contributed by atoms with Crippen molar-refractivity contribution in [3.05, 3.63) is 42.6 Å². The summed E-state index contributed by atoms with van der Waals surface area (Å²) in [6.45, 7) is 0. The summed E-state index contributed by atoms with van der Waals surface area (Å²) < 4.78 is 21.4. The topological polar surface area (TPSA) is 61.8 Å². The van der Waals surface area contributed by atoms with Crippen molar-refractivity contribution in [2.45, 2.75) is 0 Å². The van der Waals surface area contributed by atoms with Crippen molar-refractivity contribution >= 4 is 22.3 Å². The Morgan fingerprint density at radius 1 is 0.720 bits per heavy atom. The summed E-state index contributed by atoms with van der Waals surface area (Å²) in [5.74, 6) is 3.36. The smallest absolute Gasteiger partial charge is 0.162 e. The standard InChI is InChI=1S/C19H20N2O4/c1-22-15-6-5-13(10-17(15)24-3)21-19-14-11-18(25-4)16(23-2)9-12(14)7-8-20-19/h5-11H,1-4H3,(H,20,21). The van der Waals surface area contributed by atoms with Gasteiger partial charge in [0.15, 0.2) is 23.0 Å². The Morgan fingerprint density at radius 2 is 1.36 bits per heavy atom. The third-order valence-electron chi connectivity index (χ3n) is 3.91. The normalized spacial score (nSPS) is 10.4. The van der Waals surface area contributed by atoms with E-state index in [2.05, 4.69) is 10.3 Å². The van der Waals surface area contributed by atoms with Crippen molar-refractivity contribution < 1.29 is 18.9 Å². The molecule has 0 aliphatic carbocycles. The van der Waals surface area contributed by atoms with Gasteiger partial charge < -0.3 is 24.3 Å². The average Bonchev–Trinajstić information content (AvgIpc) is 2.66. The van der Waals surface area contributed by atoms with Gasteiger partial charge in [-0.1, -0.05) is 0 Å². The van der Waals surface area contributed by atoms with E-state index >= 15 is 0 Å². The third kappa shape index (κ3) is 3.24. The number of nitrogens with zero attached hydrogens (tertiary/aromatic N) is 1. The van der Waals surface area contributed by atoms with E-state index in [-0.39, 0.29) is 0 Å². The molecule has 0 saturated carbocycles. The number of hydrogen-bond donors (Lipinski definition) is 1. The minimum atomic E-state index is 0.645. The number of rotatable bonds is 6. The second-order valence-corrected chi connectivity index (χ2v) is 5.28. The SMILES string of the molecule is COc1ccc(Nc2nccc3cc(OC)c(OC)cc23)cc1OC. The minimum Gasteiger partial charge on any atom is -0.493 e. The number of anilines is 2. The molecule has 2 aromatic carbocycles. The van der Waals surface area contributed by atoms with E-state index in [4.69, 9.17) is 18.9 Å². The lowest BCUT2D eigenvalue weighted by molar-refractivity contribution is 0.355. The molecule has 25 heavy (non-hydrogen) atoms. The lowest BCUT2D eigenvalue weighted by atomic mass is 10.1. The number of ether oxygens (including phenoxy) is 4. The van der Waals surface area contributed by atoms with Crippen molar-refractivity contribution in [3.8, 4) is 23.0 Å². The van der Waals surface area contributed by atoms with Crippen LogP contribution in [0, 0.1) is 0 Å². The van der Waals surface area contributed by atoms with Crippen molar-refractivity contribution in [3.63, 3.8) is 0 Å². The molecule has 6 heteroatoms. The van der Waals surface area contributed by atoms with E-state index < -0.39 is 0 Å². The van der Waals surface area contributed by atoms with Crippen LogP contribution < -0.4 is 24.3 Å². The number of aromatic nitrogens is 1. The van der Waals surface area contributed by atoms with Crippen molar-refractivity contribution in [2.24, 2.45) is 0 Å². The van der Waals surface area contributed by atoms with Gasteiger partial charge >= 0.3 is 0 Å². The summed E-state index contributed by atoms with van der Waals surface area (Å²) in [6.07, 6.45) is 1.75. The molecular formula is C19H20N2O4. The molecule has 0 bridgehead atoms. The van der Waals surface area contributed by atoms with Gasteiger partial charge in [0, 0.05) is 23.3 Å². The molecule has 1 aromatic heterocycles. The zero-order valence-corrected chi connectivity index (χ0v) is 14.6. The largest absolute Gasteiger partial charge is 0.493 e. The molecule has 0 fully saturated rings. The molecule has 0 spiro atoms. The first-order valence-electron chi connectivity index (χ1n) is 7.70. The summed E-state index contributed by atoms with van der Waals surface area (Å²) in [5, 5.41) is 5.24. The summed E-state index contributed by atoms with van der Waals surface area (Å²) >= 11 is 0. The van der Waals surface area contributed by atoms with Crippen LogP contribution in [0.15, 0.2) is 42.6 Å². The second kappa shape index (κ2) is 7.17. The fourth-order valence-electron chi connectivity index (χ4n) is 2.65. The van der Waals surface area contributed by atoms with Crippen molar-refractivity contribution in [1.29, 1.82) is 0 Å². The first-order valence-corrected chi connectivity index (χ1v) is 7.70. The van der Waals surface area contributed by atoms with Crippen LogP contribution in [0.1, 0.15) is 0 Å². The summed E-state index contributed by atoms with van der Waals surface area (Å²) in [7, 11) is 6.45. The van der Waals surface area contributed by atoms with Gasteiger partial charge in [-0.2, -0.15) is 0 Å². The fourth-order valence-corrected chi connectivity index (χ4v) is 2.65. The molecule has 0 aliphatic heterocycles. The maximum atomic E-state index is 5.40. The van der Waals surface area contributed by atoms with Gasteiger partial charge in [-0.3, -0.25) is 0 Å². The Morgan fingerprint density at radius 3 is 2.04 bits per heavy atom. The van der Waals surface area contributed by atoms with Gasteiger partial charge in [0.25, 0.3) is 0 Å². The highest BCUT2D eigenvalue weighted by molar-refractivity contribution is 5.95. The van der Waals surface area contributed by atoms with Gasteiger partial charge in [-0.15, -0.1) is 0 Å². The van der Waals surface area contributed by atoms with Gasteiger partial charge in [0.1, 0.15) is 5.82 Å². The number of hydrogen-bond acceptors (Lipinski definition) is 6. The van der Waals surface area contributed by atoms with E-state index in [0.717, 1.165) is 16.5 Å². The molecule has 6 nitrogen and oxygen atoms in total. The quantitative estimate of drug-likeness (QED) is 0.731. The Bertz CT molecular complexity index is 896. The van der Waals surface area contributed by atoms with Crippen LogP contribution in [-0.4, -0.2) is 33.4 Å². The van der Waals surface area contributed by atoms with Crippen LogP contribution >= 0.6 is 0 Å². The average molecular weight is 340 g/mol. The van der Waals surface area contributed by atoms with Crippen LogP contribution in [0.3, 0.4) is 0 Å². The molecule has 0 aliphatic rings. The Labute approximate surface area is 146 Å². The second-order valence-electron chi connectivity index (χ2n) is 5.28. The highest BCUT2D eigenvalue weighted by Gasteiger charge is 2.11. The molecule has 1 N–H and O–H groups in total. The van der Waals surface area contributed by atoms with Gasteiger partial charge in [-0.25, -0.2) is 4.98 Å². The Hall–Kier alpha value is -3.15. The van der Waals surface area contributed by atoms with Crippen LogP contribution in [0.5, 0.6) is 23.0 Å². The molecule has 3 aromatic rings. The molecule has 0 atom stereocenters. The molecular weight excluding hydrogens is 320 g/mol. The highest BCUT2D eigenvalue weighted by Crippen LogP contribution is 2.36. The molecule has 3 rings (SSSR count). The van der Waals surface area contributed by atoms with Crippen molar-refractivity contribution in [2.75, 3.05) is 33.8 Å². The summed E-state index contributed by atoms with van der Waals surface area (Å²) in [6, 6.07) is 11.4. The number of fused-ring (bicyclic) bond motifs is 1. The van der Waals surface area contributed by atoms with E-state index in [9.17, 15) is 0 Å². The third-order valence-corrected chi connectivity index (χ3v) is 3.91. The Kier molecular flexibility index (Phi) is 4.79. The Balaban J connectivity index is 2.04. The first-order chi connectivity index (χ1) is 12.2. The predicted octanol–water partition coefficient (Wildman–Crippen LogP) is 4.01. The zero-order valence-electron chi connectivity index (χ0n) is 14.6. The van der Waals surface area contributed by atoms with E-state index in [1.807, 2.05) is 36.4 Å². The van der Waals surface area contributed by atoms with Crippen LogP contribution in [0.4, 0.5) is 11.5 Å². The van der Waals surface area contributed by atoms with E-state index in [1.165, 1.54) is 0 Å². The number of nitrogens with one attached hydrogen (secondary N) is 1. The molecule has 0 saturated heterocycles. The summed E-state index contributed by atoms with van der Waals surface area (Å²) in [5.41, 5.74) is 0.840.